The molecule has 0 bridgehead atoms. The SMILES string of the molecule is CCCCC[C@H]1CC1C[C@@H]1C[C@@H]1CC#CCCCCCO. The van der Waals surface area contributed by atoms with Gasteiger partial charge in [0.2, 0.25) is 0 Å². The van der Waals surface area contributed by atoms with E-state index in [0.29, 0.717) is 6.61 Å². The first-order valence-electron chi connectivity index (χ1n) is 9.41. The molecule has 2 aliphatic rings. The third-order valence-corrected chi connectivity index (χ3v) is 5.37. The van der Waals surface area contributed by atoms with Crippen LogP contribution in [0.4, 0.5) is 0 Å². The van der Waals surface area contributed by atoms with Crippen LogP contribution in [0, 0.1) is 35.5 Å². The van der Waals surface area contributed by atoms with Crippen LogP contribution in [-0.4, -0.2) is 11.7 Å². The molecule has 0 heterocycles. The first-order chi connectivity index (χ1) is 10.3. The summed E-state index contributed by atoms with van der Waals surface area (Å²) in [6.07, 6.45) is 15.7. The highest BCUT2D eigenvalue weighted by molar-refractivity contribution is 5.05. The van der Waals surface area contributed by atoms with Crippen LogP contribution < -0.4 is 0 Å². The summed E-state index contributed by atoms with van der Waals surface area (Å²) in [6.45, 7) is 2.63. The van der Waals surface area contributed by atoms with Gasteiger partial charge >= 0.3 is 0 Å². The molecule has 2 aliphatic carbocycles. The van der Waals surface area contributed by atoms with Gasteiger partial charge in [0.05, 0.1) is 0 Å². The van der Waals surface area contributed by atoms with E-state index in [9.17, 15) is 0 Å². The third kappa shape index (κ3) is 6.88. The maximum atomic E-state index is 8.70. The second kappa shape index (κ2) is 9.52. The van der Waals surface area contributed by atoms with Crippen molar-refractivity contribution in [2.45, 2.75) is 84.0 Å². The highest BCUT2D eigenvalue weighted by Crippen LogP contribution is 2.54. The Kier molecular flexibility index (Phi) is 7.65. The maximum Gasteiger partial charge on any atom is 0.0431 e. The first kappa shape index (κ1) is 16.9. The van der Waals surface area contributed by atoms with Crippen LogP contribution in [0.5, 0.6) is 0 Å². The first-order valence-corrected chi connectivity index (χ1v) is 9.41. The van der Waals surface area contributed by atoms with Crippen LogP contribution in [-0.2, 0) is 0 Å². The zero-order valence-electron chi connectivity index (χ0n) is 13.9. The molecule has 0 amide bonds. The Morgan fingerprint density at radius 3 is 2.48 bits per heavy atom. The Bertz CT molecular complexity index is 337. The molecule has 120 valence electrons. The minimum atomic E-state index is 0.331. The van der Waals surface area contributed by atoms with Crippen LogP contribution in [0.25, 0.3) is 0 Å². The zero-order valence-corrected chi connectivity index (χ0v) is 13.9. The lowest BCUT2D eigenvalue weighted by Gasteiger charge is -1.99. The molecule has 0 aromatic carbocycles. The Balaban J connectivity index is 1.43. The van der Waals surface area contributed by atoms with Crippen molar-refractivity contribution in [2.24, 2.45) is 23.7 Å². The van der Waals surface area contributed by atoms with Gasteiger partial charge in [-0.3, -0.25) is 0 Å². The van der Waals surface area contributed by atoms with E-state index in [1.165, 1.54) is 44.9 Å². The molecule has 0 spiro atoms. The van der Waals surface area contributed by atoms with Crippen LogP contribution in [0.1, 0.15) is 84.0 Å². The maximum absolute atomic E-state index is 8.70. The second-order valence-corrected chi connectivity index (χ2v) is 7.34. The van der Waals surface area contributed by atoms with Crippen LogP contribution in [0.2, 0.25) is 0 Å². The van der Waals surface area contributed by atoms with Crippen molar-refractivity contribution < 1.29 is 5.11 Å². The molecule has 0 aromatic rings. The van der Waals surface area contributed by atoms with Gasteiger partial charge in [0.25, 0.3) is 0 Å². The smallest absolute Gasteiger partial charge is 0.0431 e. The van der Waals surface area contributed by atoms with Crippen molar-refractivity contribution in [3.05, 3.63) is 0 Å². The predicted molar refractivity (Wildman–Crippen MR) is 89.9 cm³/mol. The van der Waals surface area contributed by atoms with Crippen LogP contribution in [0.15, 0.2) is 0 Å². The molecular formula is C20H34O. The standard InChI is InChI=1S/C20H34O/c1-2-3-8-11-17-14-19(17)16-20-15-18(20)12-9-6-4-5-7-10-13-21/h17-21H,2-5,7-8,10-16H2,1H3/t17-,18-,19?,20-/m0/s1. The molecule has 0 radical (unpaired) electrons. The van der Waals surface area contributed by atoms with Crippen molar-refractivity contribution in [3.8, 4) is 11.8 Å². The fourth-order valence-corrected chi connectivity index (χ4v) is 3.64. The van der Waals surface area contributed by atoms with E-state index in [1.807, 2.05) is 0 Å². The average Bonchev–Trinajstić information content (AvgIpc) is 3.39. The zero-order chi connectivity index (χ0) is 14.9. The average molecular weight is 290 g/mol. The lowest BCUT2D eigenvalue weighted by molar-refractivity contribution is 0.283. The number of aliphatic hydroxyl groups excluding tert-OH is 1. The summed E-state index contributed by atoms with van der Waals surface area (Å²) >= 11 is 0. The minimum absolute atomic E-state index is 0.331. The molecular weight excluding hydrogens is 256 g/mol. The van der Waals surface area contributed by atoms with Gasteiger partial charge in [0, 0.05) is 19.4 Å². The number of aliphatic hydroxyl groups is 1. The minimum Gasteiger partial charge on any atom is -0.396 e. The van der Waals surface area contributed by atoms with Gasteiger partial charge in [-0.1, -0.05) is 39.0 Å². The number of hydrogen-bond acceptors (Lipinski definition) is 1. The molecule has 0 saturated heterocycles. The van der Waals surface area contributed by atoms with E-state index >= 15 is 0 Å². The molecule has 0 aromatic heterocycles. The molecule has 1 unspecified atom stereocenters. The fraction of sp³-hybridized carbons (Fsp3) is 0.900. The van der Waals surface area contributed by atoms with Gasteiger partial charge in [-0.2, -0.15) is 0 Å². The molecule has 1 nitrogen and oxygen atoms in total. The number of rotatable bonds is 11. The summed E-state index contributed by atoms with van der Waals surface area (Å²) in [7, 11) is 0. The third-order valence-electron chi connectivity index (χ3n) is 5.37. The molecule has 2 rings (SSSR count). The topological polar surface area (TPSA) is 20.2 Å². The molecule has 4 atom stereocenters. The van der Waals surface area contributed by atoms with Gasteiger partial charge in [-0.15, -0.1) is 11.8 Å². The molecule has 2 saturated carbocycles. The van der Waals surface area contributed by atoms with Crippen molar-refractivity contribution in [1.82, 2.24) is 0 Å². The van der Waals surface area contributed by atoms with Crippen LogP contribution in [0.3, 0.4) is 0 Å². The quantitative estimate of drug-likeness (QED) is 0.411. The molecule has 2 fully saturated rings. The van der Waals surface area contributed by atoms with E-state index in [0.717, 1.165) is 55.8 Å². The van der Waals surface area contributed by atoms with Gasteiger partial charge in [-0.05, 0) is 55.8 Å². The number of hydrogen-bond donors (Lipinski definition) is 1. The summed E-state index contributed by atoms with van der Waals surface area (Å²) in [5, 5.41) is 8.70. The molecule has 1 heteroatoms. The Hall–Kier alpha value is -0.480. The second-order valence-electron chi connectivity index (χ2n) is 7.34. The van der Waals surface area contributed by atoms with Crippen molar-refractivity contribution in [2.75, 3.05) is 6.61 Å². The van der Waals surface area contributed by atoms with E-state index in [-0.39, 0.29) is 0 Å². The Morgan fingerprint density at radius 1 is 0.857 bits per heavy atom. The lowest BCUT2D eigenvalue weighted by atomic mass is 10.1. The van der Waals surface area contributed by atoms with E-state index in [4.69, 9.17) is 5.11 Å². The number of unbranched alkanes of at least 4 members (excludes halogenated alkanes) is 5. The molecule has 21 heavy (non-hydrogen) atoms. The monoisotopic (exact) mass is 290 g/mol. The highest BCUT2D eigenvalue weighted by atomic mass is 16.2. The van der Waals surface area contributed by atoms with Crippen molar-refractivity contribution >= 4 is 0 Å². The van der Waals surface area contributed by atoms with Gasteiger partial charge in [0.1, 0.15) is 0 Å². The Labute approximate surface area is 131 Å². The largest absolute Gasteiger partial charge is 0.396 e. The normalized spacial score (nSPS) is 29.8. The summed E-state index contributed by atoms with van der Waals surface area (Å²) in [5.41, 5.74) is 0. The van der Waals surface area contributed by atoms with Gasteiger partial charge in [0.15, 0.2) is 0 Å². The predicted octanol–water partition coefficient (Wildman–Crippen LogP) is 5.18. The van der Waals surface area contributed by atoms with E-state index < -0.39 is 0 Å². The van der Waals surface area contributed by atoms with Gasteiger partial charge in [-0.25, -0.2) is 0 Å². The van der Waals surface area contributed by atoms with E-state index in [2.05, 4.69) is 18.8 Å². The molecule has 1 N–H and O–H groups in total. The van der Waals surface area contributed by atoms with Crippen molar-refractivity contribution in [3.63, 3.8) is 0 Å². The lowest BCUT2D eigenvalue weighted by Crippen LogP contribution is -1.88. The summed E-state index contributed by atoms with van der Waals surface area (Å²) in [5.74, 6) is 10.8. The van der Waals surface area contributed by atoms with Crippen LogP contribution >= 0.6 is 0 Å². The van der Waals surface area contributed by atoms with Crippen molar-refractivity contribution in [1.29, 1.82) is 0 Å². The highest BCUT2D eigenvalue weighted by Gasteiger charge is 2.44. The van der Waals surface area contributed by atoms with E-state index in [1.54, 1.807) is 0 Å². The summed E-state index contributed by atoms with van der Waals surface area (Å²) in [4.78, 5) is 0. The fourth-order valence-electron chi connectivity index (χ4n) is 3.64. The van der Waals surface area contributed by atoms with Gasteiger partial charge < -0.3 is 5.11 Å². The summed E-state index contributed by atoms with van der Waals surface area (Å²) < 4.78 is 0. The summed E-state index contributed by atoms with van der Waals surface area (Å²) in [6, 6.07) is 0. The Morgan fingerprint density at radius 2 is 1.67 bits per heavy atom. The molecule has 0 aliphatic heterocycles.